The standard InChI is InChI=1S/C10H11BrN2/c1-7(2)13-10(11)8-5-3-4-6-9(8)12-13/h3-7H,1-2H3. The van der Waals surface area contributed by atoms with Gasteiger partial charge in [-0.3, -0.25) is 4.68 Å². The van der Waals surface area contributed by atoms with Gasteiger partial charge in [0.25, 0.3) is 0 Å². The zero-order valence-corrected chi connectivity index (χ0v) is 9.25. The van der Waals surface area contributed by atoms with Crippen molar-refractivity contribution >= 4 is 26.8 Å². The van der Waals surface area contributed by atoms with Crippen LogP contribution in [0.4, 0.5) is 0 Å². The predicted octanol–water partition coefficient (Wildman–Crippen LogP) is 3.38. The van der Waals surface area contributed by atoms with E-state index < -0.39 is 0 Å². The fourth-order valence-electron chi connectivity index (χ4n) is 1.36. The lowest BCUT2D eigenvalue weighted by Crippen LogP contribution is -2.02. The molecule has 68 valence electrons. The average Bonchev–Trinajstić information content (AvgIpc) is 2.45. The van der Waals surface area contributed by atoms with Crippen molar-refractivity contribution in [1.29, 1.82) is 0 Å². The summed E-state index contributed by atoms with van der Waals surface area (Å²) >= 11 is 3.55. The molecule has 0 radical (unpaired) electrons. The van der Waals surface area contributed by atoms with Gasteiger partial charge in [0.1, 0.15) is 4.60 Å². The van der Waals surface area contributed by atoms with E-state index in [1.165, 1.54) is 5.39 Å². The number of hydrogen-bond acceptors (Lipinski definition) is 1. The summed E-state index contributed by atoms with van der Waals surface area (Å²) in [5.41, 5.74) is 1.04. The van der Waals surface area contributed by atoms with Crippen molar-refractivity contribution in [1.82, 2.24) is 9.78 Å². The first-order valence-corrected chi connectivity index (χ1v) is 5.12. The van der Waals surface area contributed by atoms with E-state index in [9.17, 15) is 0 Å². The molecule has 1 heterocycles. The molecular weight excluding hydrogens is 228 g/mol. The van der Waals surface area contributed by atoms with Gasteiger partial charge in [-0.25, -0.2) is 0 Å². The third-order valence-corrected chi connectivity index (χ3v) is 2.82. The van der Waals surface area contributed by atoms with E-state index in [0.717, 1.165) is 10.1 Å². The molecule has 1 aromatic carbocycles. The molecule has 2 nitrogen and oxygen atoms in total. The summed E-state index contributed by atoms with van der Waals surface area (Å²) in [5, 5.41) is 5.66. The molecule has 0 aliphatic carbocycles. The van der Waals surface area contributed by atoms with Gasteiger partial charge in [-0.05, 0) is 35.8 Å². The molecule has 2 rings (SSSR count). The van der Waals surface area contributed by atoms with Crippen molar-refractivity contribution in [3.63, 3.8) is 0 Å². The zero-order valence-electron chi connectivity index (χ0n) is 7.66. The number of halogens is 1. The van der Waals surface area contributed by atoms with Crippen LogP contribution in [0.3, 0.4) is 0 Å². The minimum Gasteiger partial charge on any atom is -0.255 e. The van der Waals surface area contributed by atoms with Crippen molar-refractivity contribution in [3.05, 3.63) is 28.9 Å². The molecule has 0 amide bonds. The van der Waals surface area contributed by atoms with E-state index in [-0.39, 0.29) is 0 Å². The van der Waals surface area contributed by atoms with Gasteiger partial charge in [-0.1, -0.05) is 18.2 Å². The number of nitrogens with zero attached hydrogens (tertiary/aromatic N) is 2. The van der Waals surface area contributed by atoms with Crippen molar-refractivity contribution in [2.24, 2.45) is 0 Å². The van der Waals surface area contributed by atoms with E-state index in [2.05, 4.69) is 40.9 Å². The molecular formula is C10H11BrN2. The van der Waals surface area contributed by atoms with Crippen LogP contribution in [0.15, 0.2) is 28.9 Å². The Bertz CT molecular complexity index is 431. The molecule has 0 N–H and O–H groups in total. The van der Waals surface area contributed by atoms with Gasteiger partial charge in [0.2, 0.25) is 0 Å². The topological polar surface area (TPSA) is 17.8 Å². The quantitative estimate of drug-likeness (QED) is 0.745. The molecule has 0 aliphatic rings. The normalized spacial score (nSPS) is 11.4. The largest absolute Gasteiger partial charge is 0.255 e. The Balaban J connectivity index is 2.74. The van der Waals surface area contributed by atoms with E-state index >= 15 is 0 Å². The van der Waals surface area contributed by atoms with Crippen molar-refractivity contribution < 1.29 is 0 Å². The SMILES string of the molecule is CC(C)n1nc2ccccc2c1Br. The van der Waals surface area contributed by atoms with Gasteiger partial charge < -0.3 is 0 Å². The highest BCUT2D eigenvalue weighted by Gasteiger charge is 2.09. The monoisotopic (exact) mass is 238 g/mol. The van der Waals surface area contributed by atoms with Crippen LogP contribution in [0.5, 0.6) is 0 Å². The van der Waals surface area contributed by atoms with Crippen LogP contribution in [0.2, 0.25) is 0 Å². The van der Waals surface area contributed by atoms with E-state index in [0.29, 0.717) is 6.04 Å². The number of aromatic nitrogens is 2. The van der Waals surface area contributed by atoms with E-state index in [1.807, 2.05) is 22.9 Å². The first kappa shape index (κ1) is 8.75. The highest BCUT2D eigenvalue weighted by atomic mass is 79.9. The molecule has 2 aromatic rings. The molecule has 0 spiro atoms. The molecule has 0 unspecified atom stereocenters. The molecule has 0 atom stereocenters. The number of rotatable bonds is 1. The van der Waals surface area contributed by atoms with E-state index in [1.54, 1.807) is 0 Å². The highest BCUT2D eigenvalue weighted by Crippen LogP contribution is 2.25. The summed E-state index contributed by atoms with van der Waals surface area (Å²) in [4.78, 5) is 0. The third-order valence-electron chi connectivity index (χ3n) is 2.03. The number of hydrogen-bond donors (Lipinski definition) is 0. The maximum atomic E-state index is 4.48. The van der Waals surface area contributed by atoms with Crippen molar-refractivity contribution in [2.45, 2.75) is 19.9 Å². The molecule has 0 fully saturated rings. The maximum Gasteiger partial charge on any atom is 0.112 e. The highest BCUT2D eigenvalue weighted by molar-refractivity contribution is 9.10. The summed E-state index contributed by atoms with van der Waals surface area (Å²) in [5.74, 6) is 0. The van der Waals surface area contributed by atoms with Crippen molar-refractivity contribution in [3.8, 4) is 0 Å². The predicted molar refractivity (Wildman–Crippen MR) is 57.8 cm³/mol. The van der Waals surface area contributed by atoms with Crippen LogP contribution in [0, 0.1) is 0 Å². The fraction of sp³-hybridized carbons (Fsp3) is 0.300. The smallest absolute Gasteiger partial charge is 0.112 e. The summed E-state index contributed by atoms with van der Waals surface area (Å²) in [6, 6.07) is 8.53. The third kappa shape index (κ3) is 1.37. The summed E-state index contributed by atoms with van der Waals surface area (Å²) in [7, 11) is 0. The second kappa shape index (κ2) is 3.14. The fourth-order valence-corrected chi connectivity index (χ4v) is 2.18. The lowest BCUT2D eigenvalue weighted by Gasteiger charge is -2.05. The Hall–Kier alpha value is -0.830. The molecule has 3 heteroatoms. The molecule has 0 aliphatic heterocycles. The van der Waals surface area contributed by atoms with Crippen LogP contribution in [-0.2, 0) is 0 Å². The Labute approximate surface area is 85.7 Å². The molecule has 1 aromatic heterocycles. The van der Waals surface area contributed by atoms with Crippen LogP contribution in [0.25, 0.3) is 10.9 Å². The zero-order chi connectivity index (χ0) is 9.42. The van der Waals surface area contributed by atoms with Crippen molar-refractivity contribution in [2.75, 3.05) is 0 Å². The minimum atomic E-state index is 0.391. The second-order valence-corrected chi connectivity index (χ2v) is 4.10. The Morgan fingerprint density at radius 2 is 2.00 bits per heavy atom. The van der Waals surface area contributed by atoms with Gasteiger partial charge in [-0.15, -0.1) is 0 Å². The first-order chi connectivity index (χ1) is 6.20. The van der Waals surface area contributed by atoms with Gasteiger partial charge in [0, 0.05) is 11.4 Å². The van der Waals surface area contributed by atoms with Crippen LogP contribution < -0.4 is 0 Å². The summed E-state index contributed by atoms with van der Waals surface area (Å²) < 4.78 is 3.06. The van der Waals surface area contributed by atoms with Crippen LogP contribution >= 0.6 is 15.9 Å². The van der Waals surface area contributed by atoms with Gasteiger partial charge in [-0.2, -0.15) is 5.10 Å². The lowest BCUT2D eigenvalue weighted by atomic mass is 10.3. The lowest BCUT2D eigenvalue weighted by molar-refractivity contribution is 0.527. The number of fused-ring (bicyclic) bond motifs is 1. The van der Waals surface area contributed by atoms with E-state index in [4.69, 9.17) is 0 Å². The molecule has 0 saturated heterocycles. The maximum absolute atomic E-state index is 4.48. The second-order valence-electron chi connectivity index (χ2n) is 3.35. The first-order valence-electron chi connectivity index (χ1n) is 4.33. The average molecular weight is 239 g/mol. The van der Waals surface area contributed by atoms with Gasteiger partial charge in [0.05, 0.1) is 5.52 Å². The Kier molecular flexibility index (Phi) is 2.12. The Morgan fingerprint density at radius 1 is 1.31 bits per heavy atom. The number of benzene rings is 1. The molecule has 0 saturated carbocycles. The van der Waals surface area contributed by atoms with Crippen LogP contribution in [-0.4, -0.2) is 9.78 Å². The minimum absolute atomic E-state index is 0.391. The Morgan fingerprint density at radius 3 is 2.62 bits per heavy atom. The van der Waals surface area contributed by atoms with Crippen LogP contribution in [0.1, 0.15) is 19.9 Å². The van der Waals surface area contributed by atoms with Gasteiger partial charge in [0.15, 0.2) is 0 Å². The summed E-state index contributed by atoms with van der Waals surface area (Å²) in [6.45, 7) is 4.24. The van der Waals surface area contributed by atoms with Gasteiger partial charge >= 0.3 is 0 Å². The molecule has 0 bridgehead atoms. The molecule has 13 heavy (non-hydrogen) atoms. The summed E-state index contributed by atoms with van der Waals surface area (Å²) in [6.07, 6.45) is 0.